The predicted octanol–water partition coefficient (Wildman–Crippen LogP) is 2.95. The molecule has 2 N–H and O–H groups in total. The minimum absolute atomic E-state index is 0.0184. The summed E-state index contributed by atoms with van der Waals surface area (Å²) in [4.78, 5) is 24.5. The molecule has 1 fully saturated rings. The fourth-order valence-corrected chi connectivity index (χ4v) is 2.69. The third kappa shape index (κ3) is 6.36. The molecular weight excluding hydrogens is 268 g/mol. The molecule has 0 aromatic rings. The van der Waals surface area contributed by atoms with E-state index >= 15 is 0 Å². The number of carbonyl (C=O) groups excluding carboxylic acids is 1. The fourth-order valence-electron chi connectivity index (χ4n) is 2.69. The smallest absolute Gasteiger partial charge is 0.317 e. The summed E-state index contributed by atoms with van der Waals surface area (Å²) in [7, 11) is 1.85. The zero-order valence-electron chi connectivity index (χ0n) is 13.8. The molecule has 5 heteroatoms. The van der Waals surface area contributed by atoms with Crippen LogP contribution in [-0.2, 0) is 4.79 Å². The van der Waals surface area contributed by atoms with E-state index in [1.807, 2.05) is 7.05 Å². The molecule has 122 valence electrons. The van der Waals surface area contributed by atoms with Crippen LogP contribution in [0.1, 0.15) is 52.9 Å². The maximum absolute atomic E-state index is 12.1. The molecule has 0 aromatic carbocycles. The van der Waals surface area contributed by atoms with Gasteiger partial charge in [0.25, 0.3) is 0 Å². The van der Waals surface area contributed by atoms with E-state index in [9.17, 15) is 9.59 Å². The maximum atomic E-state index is 12.1. The number of hydrogen-bond acceptors (Lipinski definition) is 2. The Morgan fingerprint density at radius 1 is 1.24 bits per heavy atom. The standard InChI is InChI=1S/C16H30N2O3/c1-11(2)13(7-8-15(19)20)9-10-17-16(21)18(4)12(3)14-5-6-14/h11-14H,5-10H2,1-4H3,(H,17,21)(H,19,20). The zero-order chi connectivity index (χ0) is 16.0. The third-order valence-electron chi connectivity index (χ3n) is 4.70. The zero-order valence-corrected chi connectivity index (χ0v) is 13.8. The van der Waals surface area contributed by atoms with Gasteiger partial charge in [0.05, 0.1) is 0 Å². The number of hydrogen-bond donors (Lipinski definition) is 2. The van der Waals surface area contributed by atoms with Crippen molar-refractivity contribution in [1.82, 2.24) is 10.2 Å². The summed E-state index contributed by atoms with van der Waals surface area (Å²) in [5.41, 5.74) is 0. The maximum Gasteiger partial charge on any atom is 0.317 e. The lowest BCUT2D eigenvalue weighted by atomic mass is 9.88. The summed E-state index contributed by atoms with van der Waals surface area (Å²) in [6, 6.07) is 0.285. The molecule has 21 heavy (non-hydrogen) atoms. The molecule has 1 aliphatic rings. The normalized spacial score (nSPS) is 17.4. The van der Waals surface area contributed by atoms with Crippen molar-refractivity contribution in [3.05, 3.63) is 0 Å². The highest BCUT2D eigenvalue weighted by Gasteiger charge is 2.32. The largest absolute Gasteiger partial charge is 0.481 e. The Balaban J connectivity index is 2.28. The molecule has 0 saturated heterocycles. The molecule has 5 nitrogen and oxygen atoms in total. The number of carboxylic acids is 1. The Kier molecular flexibility index (Phi) is 6.99. The highest BCUT2D eigenvalue weighted by Crippen LogP contribution is 2.34. The first kappa shape index (κ1) is 17.8. The molecule has 1 aliphatic carbocycles. The second-order valence-electron chi connectivity index (χ2n) is 6.65. The van der Waals surface area contributed by atoms with E-state index in [0.29, 0.717) is 36.8 Å². The number of amides is 2. The molecule has 0 bridgehead atoms. The number of aliphatic carboxylic acids is 1. The van der Waals surface area contributed by atoms with Crippen molar-refractivity contribution in [2.45, 2.75) is 58.9 Å². The van der Waals surface area contributed by atoms with E-state index in [0.717, 1.165) is 6.42 Å². The molecular formula is C16H30N2O3. The molecule has 2 unspecified atom stereocenters. The second kappa shape index (κ2) is 8.25. The molecule has 0 heterocycles. The van der Waals surface area contributed by atoms with Gasteiger partial charge in [0.15, 0.2) is 0 Å². The number of nitrogens with one attached hydrogen (secondary N) is 1. The van der Waals surface area contributed by atoms with Gasteiger partial charge >= 0.3 is 12.0 Å². The van der Waals surface area contributed by atoms with Crippen LogP contribution in [-0.4, -0.2) is 41.6 Å². The summed E-state index contributed by atoms with van der Waals surface area (Å²) in [5, 5.41) is 11.7. The van der Waals surface area contributed by atoms with E-state index in [4.69, 9.17) is 5.11 Å². The average molecular weight is 298 g/mol. The Morgan fingerprint density at radius 2 is 1.86 bits per heavy atom. The van der Waals surface area contributed by atoms with Crippen LogP contribution in [0.5, 0.6) is 0 Å². The molecule has 2 atom stereocenters. The fraction of sp³-hybridized carbons (Fsp3) is 0.875. The van der Waals surface area contributed by atoms with Crippen LogP contribution >= 0.6 is 0 Å². The van der Waals surface area contributed by atoms with E-state index < -0.39 is 5.97 Å². The van der Waals surface area contributed by atoms with Gasteiger partial charge in [0.1, 0.15) is 0 Å². The van der Waals surface area contributed by atoms with Gasteiger partial charge in [-0.25, -0.2) is 4.79 Å². The second-order valence-corrected chi connectivity index (χ2v) is 6.65. The highest BCUT2D eigenvalue weighted by molar-refractivity contribution is 5.74. The van der Waals surface area contributed by atoms with Crippen LogP contribution in [0.25, 0.3) is 0 Å². The molecule has 0 aliphatic heterocycles. The molecule has 1 saturated carbocycles. The van der Waals surface area contributed by atoms with E-state index in [1.165, 1.54) is 12.8 Å². The number of carboxylic acid groups (broad SMARTS) is 1. The van der Waals surface area contributed by atoms with Crippen molar-refractivity contribution < 1.29 is 14.7 Å². The molecule has 0 radical (unpaired) electrons. The van der Waals surface area contributed by atoms with Gasteiger partial charge in [-0.2, -0.15) is 0 Å². The average Bonchev–Trinajstić information content (AvgIpc) is 3.24. The highest BCUT2D eigenvalue weighted by atomic mass is 16.4. The number of rotatable bonds is 9. The van der Waals surface area contributed by atoms with Gasteiger partial charge in [0, 0.05) is 26.1 Å². The molecule has 0 aromatic heterocycles. The predicted molar refractivity (Wildman–Crippen MR) is 83.2 cm³/mol. The number of carbonyl (C=O) groups is 2. The Bertz CT molecular complexity index is 353. The van der Waals surface area contributed by atoms with Gasteiger partial charge in [-0.05, 0) is 50.4 Å². The lowest BCUT2D eigenvalue weighted by molar-refractivity contribution is -0.137. The lowest BCUT2D eigenvalue weighted by Crippen LogP contribution is -2.43. The monoisotopic (exact) mass is 298 g/mol. The number of urea groups is 1. The SMILES string of the molecule is CC(C)C(CCNC(=O)N(C)C(C)C1CC1)CCC(=O)O. The van der Waals surface area contributed by atoms with Crippen molar-refractivity contribution in [3.63, 3.8) is 0 Å². The topological polar surface area (TPSA) is 69.6 Å². The van der Waals surface area contributed by atoms with Crippen LogP contribution in [0.3, 0.4) is 0 Å². The minimum atomic E-state index is -0.748. The number of nitrogens with zero attached hydrogens (tertiary/aromatic N) is 1. The van der Waals surface area contributed by atoms with Crippen molar-refractivity contribution in [3.8, 4) is 0 Å². The van der Waals surface area contributed by atoms with Gasteiger partial charge in [-0.15, -0.1) is 0 Å². The van der Waals surface area contributed by atoms with E-state index in [1.54, 1.807) is 4.90 Å². The van der Waals surface area contributed by atoms with Crippen LogP contribution in [0.15, 0.2) is 0 Å². The van der Waals surface area contributed by atoms with Gasteiger partial charge in [-0.3, -0.25) is 4.79 Å². The summed E-state index contributed by atoms with van der Waals surface area (Å²) in [6.07, 6.45) is 4.17. The molecule has 0 spiro atoms. The van der Waals surface area contributed by atoms with Gasteiger partial charge in [-0.1, -0.05) is 13.8 Å². The summed E-state index contributed by atoms with van der Waals surface area (Å²) in [5.74, 6) is 0.694. The molecule has 1 rings (SSSR count). The van der Waals surface area contributed by atoms with Crippen molar-refractivity contribution in [2.75, 3.05) is 13.6 Å². The Morgan fingerprint density at radius 3 is 2.33 bits per heavy atom. The van der Waals surface area contributed by atoms with Crippen molar-refractivity contribution >= 4 is 12.0 Å². The summed E-state index contributed by atoms with van der Waals surface area (Å²) >= 11 is 0. The first-order chi connectivity index (χ1) is 9.82. The Labute approximate surface area is 128 Å². The van der Waals surface area contributed by atoms with Gasteiger partial charge in [0.2, 0.25) is 0 Å². The van der Waals surface area contributed by atoms with Crippen LogP contribution in [0.2, 0.25) is 0 Å². The van der Waals surface area contributed by atoms with Crippen LogP contribution in [0, 0.1) is 17.8 Å². The van der Waals surface area contributed by atoms with Crippen LogP contribution < -0.4 is 5.32 Å². The summed E-state index contributed by atoms with van der Waals surface area (Å²) < 4.78 is 0. The molecule has 2 amide bonds. The van der Waals surface area contributed by atoms with Crippen molar-refractivity contribution in [2.24, 2.45) is 17.8 Å². The first-order valence-corrected chi connectivity index (χ1v) is 8.05. The van der Waals surface area contributed by atoms with Crippen molar-refractivity contribution in [1.29, 1.82) is 0 Å². The van der Waals surface area contributed by atoms with Crippen LogP contribution in [0.4, 0.5) is 4.79 Å². The minimum Gasteiger partial charge on any atom is -0.481 e. The Hall–Kier alpha value is -1.26. The summed E-state index contributed by atoms with van der Waals surface area (Å²) in [6.45, 7) is 6.93. The quantitative estimate of drug-likeness (QED) is 0.687. The third-order valence-corrected chi connectivity index (χ3v) is 4.70. The van der Waals surface area contributed by atoms with Gasteiger partial charge < -0.3 is 15.3 Å². The van der Waals surface area contributed by atoms with E-state index in [-0.39, 0.29) is 12.5 Å². The lowest BCUT2D eigenvalue weighted by Gasteiger charge is -2.26. The van der Waals surface area contributed by atoms with E-state index in [2.05, 4.69) is 26.1 Å². The first-order valence-electron chi connectivity index (χ1n) is 8.05.